The van der Waals surface area contributed by atoms with Gasteiger partial charge in [-0.15, -0.1) is 0 Å². The summed E-state index contributed by atoms with van der Waals surface area (Å²) >= 11 is 0. The average molecular weight is 313 g/mol. The molecule has 1 aliphatic rings. The van der Waals surface area contributed by atoms with Gasteiger partial charge in [0.2, 0.25) is 0 Å². The van der Waals surface area contributed by atoms with E-state index in [9.17, 15) is 0 Å². The van der Waals surface area contributed by atoms with E-state index >= 15 is 0 Å². The van der Waals surface area contributed by atoms with Crippen molar-refractivity contribution in [1.29, 1.82) is 0 Å². The van der Waals surface area contributed by atoms with Gasteiger partial charge in [-0.3, -0.25) is 4.99 Å². The molecule has 1 saturated heterocycles. The van der Waals surface area contributed by atoms with Gasteiger partial charge in [-0.25, -0.2) is 0 Å². The minimum absolute atomic E-state index is 0.0671. The predicted octanol–water partition coefficient (Wildman–Crippen LogP) is 2.23. The first kappa shape index (κ1) is 19.2. The quantitative estimate of drug-likeness (QED) is 0.389. The smallest absolute Gasteiger partial charge is 0.191 e. The van der Waals surface area contributed by atoms with Gasteiger partial charge in [0.15, 0.2) is 5.96 Å². The Bertz CT molecular complexity index is 325. The zero-order valence-corrected chi connectivity index (χ0v) is 15.2. The fraction of sp³-hybridized carbons (Fsp3) is 0.941. The minimum atomic E-state index is -0.0671. The molecule has 1 atom stereocenters. The van der Waals surface area contributed by atoms with Crippen LogP contribution in [0.3, 0.4) is 0 Å². The summed E-state index contributed by atoms with van der Waals surface area (Å²) in [6, 6.07) is 0.624. The van der Waals surface area contributed by atoms with E-state index < -0.39 is 0 Å². The number of unbranched alkanes of at least 4 members (excludes halogenated alkanes) is 1. The second kappa shape index (κ2) is 10.1. The molecule has 1 aliphatic heterocycles. The van der Waals surface area contributed by atoms with Gasteiger partial charge in [0.25, 0.3) is 0 Å². The van der Waals surface area contributed by atoms with Crippen LogP contribution < -0.4 is 10.6 Å². The van der Waals surface area contributed by atoms with Crippen molar-refractivity contribution in [3.63, 3.8) is 0 Å². The Morgan fingerprint density at radius 2 is 2.09 bits per heavy atom. The van der Waals surface area contributed by atoms with Gasteiger partial charge in [0, 0.05) is 25.7 Å². The highest BCUT2D eigenvalue weighted by Crippen LogP contribution is 2.24. The fourth-order valence-corrected chi connectivity index (χ4v) is 2.50. The molecule has 1 rings (SSSR count). The average Bonchev–Trinajstić information content (AvgIpc) is 2.91. The van der Waals surface area contributed by atoms with Crippen LogP contribution in [0.4, 0.5) is 0 Å². The summed E-state index contributed by atoms with van der Waals surface area (Å²) in [6.07, 6.45) is 4.63. The first-order valence-electron chi connectivity index (χ1n) is 8.83. The van der Waals surface area contributed by atoms with Crippen LogP contribution >= 0.6 is 0 Å². The molecule has 1 unspecified atom stereocenters. The van der Waals surface area contributed by atoms with Crippen molar-refractivity contribution in [2.24, 2.45) is 4.99 Å². The second-order valence-electron chi connectivity index (χ2n) is 6.81. The molecule has 0 saturated carbocycles. The largest absolute Gasteiger partial charge is 0.373 e. The third-order valence-electron chi connectivity index (χ3n) is 4.33. The van der Waals surface area contributed by atoms with Crippen molar-refractivity contribution in [3.05, 3.63) is 0 Å². The zero-order chi connectivity index (χ0) is 16.4. The van der Waals surface area contributed by atoms with Crippen molar-refractivity contribution in [3.8, 4) is 0 Å². The first-order chi connectivity index (χ1) is 10.5. The van der Waals surface area contributed by atoms with Crippen molar-refractivity contribution < 1.29 is 4.74 Å². The van der Waals surface area contributed by atoms with E-state index in [1.807, 2.05) is 0 Å². The van der Waals surface area contributed by atoms with Crippen molar-refractivity contribution in [2.45, 2.75) is 65.0 Å². The molecular weight excluding hydrogens is 276 g/mol. The lowest BCUT2D eigenvalue weighted by Crippen LogP contribution is -2.39. The minimum Gasteiger partial charge on any atom is -0.373 e. The number of hydrogen-bond donors (Lipinski definition) is 2. The molecule has 5 nitrogen and oxygen atoms in total. The molecule has 1 fully saturated rings. The van der Waals surface area contributed by atoms with Crippen LogP contribution in [-0.4, -0.2) is 62.3 Å². The highest BCUT2D eigenvalue weighted by molar-refractivity contribution is 5.79. The summed E-state index contributed by atoms with van der Waals surface area (Å²) < 4.78 is 5.79. The molecule has 0 bridgehead atoms. The van der Waals surface area contributed by atoms with E-state index in [2.05, 4.69) is 55.3 Å². The molecule has 22 heavy (non-hydrogen) atoms. The van der Waals surface area contributed by atoms with E-state index in [1.54, 1.807) is 0 Å². The Morgan fingerprint density at radius 1 is 1.32 bits per heavy atom. The molecule has 0 aliphatic carbocycles. The molecule has 2 N–H and O–H groups in total. The Kier molecular flexibility index (Phi) is 8.79. The summed E-state index contributed by atoms with van der Waals surface area (Å²) in [7, 11) is 2.19. The van der Waals surface area contributed by atoms with Crippen molar-refractivity contribution in [1.82, 2.24) is 15.5 Å². The summed E-state index contributed by atoms with van der Waals surface area (Å²) in [5.41, 5.74) is -0.0671. The van der Waals surface area contributed by atoms with Gasteiger partial charge in [0.05, 0.1) is 12.1 Å². The summed E-state index contributed by atoms with van der Waals surface area (Å²) in [5.74, 6) is 0.913. The molecule has 0 amide bonds. The van der Waals surface area contributed by atoms with Crippen LogP contribution in [0.25, 0.3) is 0 Å². The van der Waals surface area contributed by atoms with E-state index in [0.29, 0.717) is 6.04 Å². The van der Waals surface area contributed by atoms with Gasteiger partial charge in [-0.05, 0) is 67.0 Å². The summed E-state index contributed by atoms with van der Waals surface area (Å²) in [5, 5.41) is 6.74. The van der Waals surface area contributed by atoms with E-state index in [1.165, 1.54) is 6.42 Å². The van der Waals surface area contributed by atoms with Gasteiger partial charge >= 0.3 is 0 Å². The maximum atomic E-state index is 5.79. The second-order valence-corrected chi connectivity index (χ2v) is 6.81. The maximum Gasteiger partial charge on any atom is 0.191 e. The molecule has 5 heteroatoms. The molecular formula is C17H36N4O. The number of rotatable bonds is 9. The highest BCUT2D eigenvalue weighted by Gasteiger charge is 2.29. The molecule has 0 aromatic heterocycles. The van der Waals surface area contributed by atoms with E-state index in [-0.39, 0.29) is 5.60 Å². The van der Waals surface area contributed by atoms with Gasteiger partial charge in [-0.2, -0.15) is 0 Å². The van der Waals surface area contributed by atoms with Crippen LogP contribution in [0.2, 0.25) is 0 Å². The number of hydrogen-bond acceptors (Lipinski definition) is 3. The molecule has 0 spiro atoms. The Hall–Kier alpha value is -0.810. The van der Waals surface area contributed by atoms with Gasteiger partial charge < -0.3 is 20.3 Å². The molecule has 0 aromatic rings. The van der Waals surface area contributed by atoms with Gasteiger partial charge in [-0.1, -0.05) is 0 Å². The molecule has 0 radical (unpaired) electrons. The van der Waals surface area contributed by atoms with Crippen molar-refractivity contribution in [2.75, 3.05) is 39.8 Å². The lowest BCUT2D eigenvalue weighted by molar-refractivity contribution is 0.0283. The third-order valence-corrected chi connectivity index (χ3v) is 4.33. The van der Waals surface area contributed by atoms with Crippen LogP contribution in [0, 0.1) is 0 Å². The number of ether oxygens (including phenoxy) is 1. The predicted molar refractivity (Wildman–Crippen MR) is 94.6 cm³/mol. The lowest BCUT2D eigenvalue weighted by Gasteiger charge is -2.22. The topological polar surface area (TPSA) is 48.9 Å². The Morgan fingerprint density at radius 3 is 2.68 bits per heavy atom. The number of guanidine groups is 1. The highest BCUT2D eigenvalue weighted by atomic mass is 16.5. The monoisotopic (exact) mass is 312 g/mol. The Balaban J connectivity index is 2.25. The molecule has 0 aromatic carbocycles. The van der Waals surface area contributed by atoms with Crippen LogP contribution in [0.1, 0.15) is 53.4 Å². The fourth-order valence-electron chi connectivity index (χ4n) is 2.50. The summed E-state index contributed by atoms with van der Waals surface area (Å²) in [4.78, 5) is 7.07. The van der Waals surface area contributed by atoms with Crippen LogP contribution in [0.5, 0.6) is 0 Å². The maximum absolute atomic E-state index is 5.79. The van der Waals surface area contributed by atoms with Crippen molar-refractivity contribution >= 4 is 5.96 Å². The standard InChI is InChI=1S/C17H36N4O/c1-6-18-16(20-14-17(4)10-9-13-22-17)19-11-7-8-12-21(5)15(2)3/h15H,6-14H2,1-5H3,(H2,18,19,20). The van der Waals surface area contributed by atoms with E-state index in [0.717, 1.165) is 58.0 Å². The molecule has 1 heterocycles. The first-order valence-corrected chi connectivity index (χ1v) is 8.83. The zero-order valence-electron chi connectivity index (χ0n) is 15.2. The lowest BCUT2D eigenvalue weighted by atomic mass is 10.0. The Labute approximate surface area is 136 Å². The van der Waals surface area contributed by atoms with E-state index in [4.69, 9.17) is 4.74 Å². The van der Waals surface area contributed by atoms with Crippen LogP contribution in [-0.2, 0) is 4.74 Å². The number of nitrogens with one attached hydrogen (secondary N) is 2. The van der Waals surface area contributed by atoms with Crippen LogP contribution in [0.15, 0.2) is 4.99 Å². The molecule has 130 valence electrons. The summed E-state index contributed by atoms with van der Waals surface area (Å²) in [6.45, 7) is 13.3. The SMILES string of the molecule is CCNC(=NCC1(C)CCCO1)NCCCCN(C)C(C)C. The number of nitrogens with zero attached hydrogens (tertiary/aromatic N) is 2. The normalized spacial score (nSPS) is 22.6. The number of aliphatic imine (C=N–C) groups is 1. The van der Waals surface area contributed by atoms with Gasteiger partial charge in [0.1, 0.15) is 0 Å². The third kappa shape index (κ3) is 7.45.